The maximum atomic E-state index is 13.5. The normalized spacial score (nSPS) is 15.5. The van der Waals surface area contributed by atoms with Gasteiger partial charge in [0.05, 0.1) is 19.8 Å². The summed E-state index contributed by atoms with van der Waals surface area (Å²) in [6, 6.07) is 13.4. The maximum Gasteiger partial charge on any atom is 0.328 e. The highest BCUT2D eigenvalue weighted by Crippen LogP contribution is 2.31. The van der Waals surface area contributed by atoms with Gasteiger partial charge in [-0.25, -0.2) is 4.79 Å². The molecule has 5 nitrogen and oxygen atoms in total. The minimum Gasteiger partial charge on any atom is -0.467 e. The van der Waals surface area contributed by atoms with Crippen LogP contribution in [0.15, 0.2) is 42.5 Å². The van der Waals surface area contributed by atoms with E-state index in [0.717, 1.165) is 46.8 Å². The first-order valence-corrected chi connectivity index (χ1v) is 16.0. The van der Waals surface area contributed by atoms with Crippen molar-refractivity contribution in [1.29, 1.82) is 0 Å². The summed E-state index contributed by atoms with van der Waals surface area (Å²) in [5.74, 6) is 0.843. The molecular weight excluding hydrogens is 506 g/mol. The number of thioether (sulfide) groups is 1. The molecule has 1 amide bonds. The molecule has 1 fully saturated rings. The molecule has 214 valence electrons. The van der Waals surface area contributed by atoms with Crippen LogP contribution in [-0.4, -0.2) is 43.1 Å². The third kappa shape index (κ3) is 9.68. The van der Waals surface area contributed by atoms with Crippen LogP contribution >= 0.6 is 11.8 Å². The Morgan fingerprint density at radius 1 is 1.05 bits per heavy atom. The molecule has 0 unspecified atom stereocenters. The Balaban J connectivity index is 1.83. The van der Waals surface area contributed by atoms with Crippen LogP contribution in [0.1, 0.15) is 92.6 Å². The van der Waals surface area contributed by atoms with Gasteiger partial charge < -0.3 is 14.8 Å². The predicted molar refractivity (Wildman–Crippen MR) is 162 cm³/mol. The topological polar surface area (TPSA) is 64.6 Å². The molecule has 2 aromatic rings. The van der Waals surface area contributed by atoms with Crippen molar-refractivity contribution in [2.75, 3.05) is 19.1 Å². The molecule has 1 aliphatic carbocycles. The fourth-order valence-electron chi connectivity index (χ4n) is 5.55. The van der Waals surface area contributed by atoms with Gasteiger partial charge in [-0.1, -0.05) is 82.2 Å². The minimum absolute atomic E-state index is 0.268. The Morgan fingerprint density at radius 2 is 1.82 bits per heavy atom. The summed E-state index contributed by atoms with van der Waals surface area (Å²) in [6.45, 7) is 4.82. The van der Waals surface area contributed by atoms with E-state index < -0.39 is 12.0 Å². The van der Waals surface area contributed by atoms with Gasteiger partial charge in [0.25, 0.3) is 5.91 Å². The smallest absolute Gasteiger partial charge is 0.328 e. The zero-order chi connectivity index (χ0) is 28.0. The second kappa shape index (κ2) is 16.7. The molecule has 0 saturated heterocycles. The third-order valence-electron chi connectivity index (χ3n) is 7.85. The highest BCUT2D eigenvalue weighted by atomic mass is 32.2. The van der Waals surface area contributed by atoms with Gasteiger partial charge in [0, 0.05) is 5.56 Å². The van der Waals surface area contributed by atoms with Gasteiger partial charge >= 0.3 is 5.97 Å². The zero-order valence-corrected chi connectivity index (χ0v) is 25.1. The Kier molecular flexibility index (Phi) is 13.4. The third-order valence-corrected chi connectivity index (χ3v) is 8.50. The first kappa shape index (κ1) is 31.2. The number of carbonyl (C=O) groups is 2. The molecule has 0 heterocycles. The lowest BCUT2D eigenvalue weighted by atomic mass is 9.84. The van der Waals surface area contributed by atoms with E-state index in [1.807, 2.05) is 36.6 Å². The van der Waals surface area contributed by atoms with Gasteiger partial charge in [-0.05, 0) is 78.5 Å². The van der Waals surface area contributed by atoms with Gasteiger partial charge in [-0.15, -0.1) is 0 Å². The van der Waals surface area contributed by atoms with Gasteiger partial charge in [0.1, 0.15) is 6.04 Å². The molecule has 0 aromatic heterocycles. The summed E-state index contributed by atoms with van der Waals surface area (Å²) in [6.07, 6.45) is 14.1. The van der Waals surface area contributed by atoms with Crippen LogP contribution in [0.5, 0.6) is 0 Å². The van der Waals surface area contributed by atoms with Crippen molar-refractivity contribution in [3.63, 3.8) is 0 Å². The summed E-state index contributed by atoms with van der Waals surface area (Å²) in [4.78, 5) is 25.9. The number of rotatable bonds is 15. The number of methoxy groups -OCH3 is 1. The van der Waals surface area contributed by atoms with E-state index in [-0.39, 0.29) is 12.0 Å². The number of carbonyl (C=O) groups excluding carboxylic acids is 2. The number of hydrogen-bond acceptors (Lipinski definition) is 5. The summed E-state index contributed by atoms with van der Waals surface area (Å²) in [5, 5.41) is 2.93. The highest BCUT2D eigenvalue weighted by Gasteiger charge is 2.24. The first-order chi connectivity index (χ1) is 19.0. The van der Waals surface area contributed by atoms with E-state index in [9.17, 15) is 9.59 Å². The number of esters is 1. The van der Waals surface area contributed by atoms with Crippen LogP contribution in [0.25, 0.3) is 11.1 Å². The average molecular weight is 554 g/mol. The molecule has 39 heavy (non-hydrogen) atoms. The van der Waals surface area contributed by atoms with Crippen LogP contribution in [0.4, 0.5) is 0 Å². The standard InChI is InChI=1S/C33H47NO4S/c1-5-6-15-27(21-25-13-8-7-9-14-25)38-23-26-17-18-29(30(22-26)28-16-11-10-12-24(28)2)32(35)34-31(19-20-39-4)33(36)37-3/h10-12,16-18,22,25,27,31H,5-9,13-15,19-21,23H2,1-4H3,(H,34,35)/t27-,31+/m1/s1. The van der Waals surface area contributed by atoms with Gasteiger partial charge in [0.2, 0.25) is 0 Å². The Labute approximate surface area is 239 Å². The molecule has 1 N–H and O–H groups in total. The molecule has 2 aromatic carbocycles. The van der Waals surface area contributed by atoms with Gasteiger partial charge in [-0.3, -0.25) is 4.79 Å². The van der Waals surface area contributed by atoms with Crippen molar-refractivity contribution in [1.82, 2.24) is 5.32 Å². The van der Waals surface area contributed by atoms with E-state index in [4.69, 9.17) is 9.47 Å². The predicted octanol–water partition coefficient (Wildman–Crippen LogP) is 7.73. The number of ether oxygens (including phenoxy) is 2. The van der Waals surface area contributed by atoms with Crippen LogP contribution < -0.4 is 5.32 Å². The highest BCUT2D eigenvalue weighted by molar-refractivity contribution is 7.98. The van der Waals surface area contributed by atoms with Crippen molar-refractivity contribution in [3.05, 3.63) is 59.2 Å². The number of hydrogen-bond donors (Lipinski definition) is 1. The Bertz CT molecular complexity index is 1050. The fourth-order valence-corrected chi connectivity index (χ4v) is 6.02. The zero-order valence-electron chi connectivity index (χ0n) is 24.3. The molecule has 3 rings (SSSR count). The van der Waals surface area contributed by atoms with Crippen molar-refractivity contribution >= 4 is 23.6 Å². The number of aryl methyl sites for hydroxylation is 1. The van der Waals surface area contributed by atoms with E-state index >= 15 is 0 Å². The molecule has 1 saturated carbocycles. The Hall–Kier alpha value is -2.31. The van der Waals surface area contributed by atoms with E-state index in [2.05, 4.69) is 31.3 Å². The number of unbranched alkanes of at least 4 members (excludes halogenated alkanes) is 1. The van der Waals surface area contributed by atoms with Gasteiger partial charge in [-0.2, -0.15) is 11.8 Å². The average Bonchev–Trinajstić information content (AvgIpc) is 2.96. The fraction of sp³-hybridized carbons (Fsp3) is 0.576. The van der Waals surface area contributed by atoms with E-state index in [0.29, 0.717) is 18.6 Å². The summed E-state index contributed by atoms with van der Waals surface area (Å²) in [7, 11) is 1.36. The lowest BCUT2D eigenvalue weighted by Crippen LogP contribution is -2.42. The number of amides is 1. The van der Waals surface area contributed by atoms with E-state index in [1.54, 1.807) is 11.8 Å². The van der Waals surface area contributed by atoms with E-state index in [1.165, 1.54) is 52.1 Å². The molecule has 1 aliphatic rings. The first-order valence-electron chi connectivity index (χ1n) is 14.6. The summed E-state index contributed by atoms with van der Waals surface area (Å²) < 4.78 is 11.5. The second-order valence-electron chi connectivity index (χ2n) is 10.8. The van der Waals surface area contributed by atoms with Crippen molar-refractivity contribution in [2.24, 2.45) is 5.92 Å². The molecule has 0 bridgehead atoms. The summed E-state index contributed by atoms with van der Waals surface area (Å²) >= 11 is 1.63. The number of benzene rings is 2. The molecule has 0 aliphatic heterocycles. The van der Waals surface area contributed by atoms with Crippen LogP contribution in [0.3, 0.4) is 0 Å². The molecular formula is C33H47NO4S. The lowest BCUT2D eigenvalue weighted by Gasteiger charge is -2.27. The van der Waals surface area contributed by atoms with Crippen molar-refractivity contribution < 1.29 is 19.1 Å². The van der Waals surface area contributed by atoms with Crippen LogP contribution in [0, 0.1) is 12.8 Å². The number of nitrogens with one attached hydrogen (secondary N) is 1. The maximum absolute atomic E-state index is 13.5. The summed E-state index contributed by atoms with van der Waals surface area (Å²) in [5.41, 5.74) is 4.57. The van der Waals surface area contributed by atoms with Crippen molar-refractivity contribution in [3.8, 4) is 11.1 Å². The lowest BCUT2D eigenvalue weighted by molar-refractivity contribution is -0.142. The SMILES string of the molecule is CCCC[C@H](CC1CCCCC1)OCc1ccc(C(=O)N[C@@H](CCSC)C(=O)OC)c(-c2ccccc2C)c1. The molecule has 0 spiro atoms. The van der Waals surface area contributed by atoms with Gasteiger partial charge in [0.15, 0.2) is 0 Å². The minimum atomic E-state index is -0.679. The molecule has 6 heteroatoms. The largest absolute Gasteiger partial charge is 0.467 e. The molecule has 2 atom stereocenters. The second-order valence-corrected chi connectivity index (χ2v) is 11.8. The van der Waals surface area contributed by atoms with Crippen molar-refractivity contribution in [2.45, 2.75) is 96.8 Å². The van der Waals surface area contributed by atoms with Crippen LogP contribution in [-0.2, 0) is 20.9 Å². The van der Waals surface area contributed by atoms with Crippen LogP contribution in [0.2, 0.25) is 0 Å². The monoisotopic (exact) mass is 553 g/mol. The molecule has 0 radical (unpaired) electrons. The quantitative estimate of drug-likeness (QED) is 0.229. The Morgan fingerprint density at radius 3 is 2.51 bits per heavy atom.